The van der Waals surface area contributed by atoms with Crippen LogP contribution >= 0.6 is 15.9 Å². The molecule has 5 rings (SSSR count). The number of para-hydroxylation sites is 2. The summed E-state index contributed by atoms with van der Waals surface area (Å²) in [6.07, 6.45) is 0.985. The van der Waals surface area contributed by atoms with Crippen LogP contribution < -0.4 is 5.32 Å². The molecule has 0 unspecified atom stereocenters. The molecule has 0 saturated carbocycles. The zero-order valence-electron chi connectivity index (χ0n) is 15.1. The summed E-state index contributed by atoms with van der Waals surface area (Å²) in [6, 6.07) is 26.3. The van der Waals surface area contributed by atoms with Crippen LogP contribution in [0, 0.1) is 6.92 Å². The first-order chi connectivity index (χ1) is 13.2. The van der Waals surface area contributed by atoms with Crippen molar-refractivity contribution in [3.8, 4) is 0 Å². The smallest absolute Gasteiger partial charge is 0.204 e. The second-order valence-electron chi connectivity index (χ2n) is 7.21. The molecule has 0 spiro atoms. The van der Waals surface area contributed by atoms with E-state index < -0.39 is 0 Å². The second kappa shape index (κ2) is 6.54. The lowest BCUT2D eigenvalue weighted by atomic mass is 9.92. The average Bonchev–Trinajstić information content (AvgIpc) is 3.06. The largest absolute Gasteiger partial charge is 0.349 e. The molecular weight excluding hydrogens is 398 g/mol. The van der Waals surface area contributed by atoms with Gasteiger partial charge in [0.25, 0.3) is 0 Å². The molecule has 0 radical (unpaired) electrons. The predicted molar refractivity (Wildman–Crippen MR) is 114 cm³/mol. The van der Waals surface area contributed by atoms with Gasteiger partial charge in [-0.05, 0) is 48.7 Å². The number of benzene rings is 3. The minimum Gasteiger partial charge on any atom is -0.349 e. The van der Waals surface area contributed by atoms with Crippen LogP contribution in [0.4, 0.5) is 5.95 Å². The Kier molecular flexibility index (Phi) is 4.01. The van der Waals surface area contributed by atoms with Crippen molar-refractivity contribution in [2.45, 2.75) is 25.4 Å². The van der Waals surface area contributed by atoms with E-state index in [-0.39, 0.29) is 12.1 Å². The van der Waals surface area contributed by atoms with E-state index in [9.17, 15) is 0 Å². The summed E-state index contributed by atoms with van der Waals surface area (Å²) < 4.78 is 3.46. The number of hydrogen-bond acceptors (Lipinski definition) is 2. The fourth-order valence-corrected chi connectivity index (χ4v) is 4.35. The predicted octanol–water partition coefficient (Wildman–Crippen LogP) is 6.25. The third-order valence-electron chi connectivity index (χ3n) is 5.37. The molecule has 134 valence electrons. The Morgan fingerprint density at radius 1 is 0.963 bits per heavy atom. The lowest BCUT2D eigenvalue weighted by Gasteiger charge is -2.33. The first kappa shape index (κ1) is 16.6. The topological polar surface area (TPSA) is 29.9 Å². The van der Waals surface area contributed by atoms with Crippen molar-refractivity contribution in [2.24, 2.45) is 0 Å². The lowest BCUT2D eigenvalue weighted by Crippen LogP contribution is -2.27. The summed E-state index contributed by atoms with van der Waals surface area (Å²) >= 11 is 3.54. The number of aryl methyl sites for hydroxylation is 1. The van der Waals surface area contributed by atoms with Crippen molar-refractivity contribution >= 4 is 32.9 Å². The molecule has 1 aromatic heterocycles. The Labute approximate surface area is 167 Å². The lowest BCUT2D eigenvalue weighted by molar-refractivity contribution is 0.477. The van der Waals surface area contributed by atoms with Gasteiger partial charge >= 0.3 is 0 Å². The fourth-order valence-electron chi connectivity index (χ4n) is 4.08. The standard InChI is InChI=1S/C23H20BrN3/c1-15-5-4-6-17(13-15)22-14-20(16-9-11-18(24)12-10-16)26-23-25-19-7-2-3-8-21(19)27(22)23/h2-13,20,22H,14H2,1H3,(H,25,26)/t20-,22+/m0/s1. The molecule has 1 aliphatic heterocycles. The Hall–Kier alpha value is -2.59. The Balaban J connectivity index is 1.67. The minimum atomic E-state index is 0.230. The van der Waals surface area contributed by atoms with Gasteiger partial charge in [-0.3, -0.25) is 0 Å². The van der Waals surface area contributed by atoms with Gasteiger partial charge in [0.1, 0.15) is 0 Å². The maximum absolute atomic E-state index is 4.89. The molecule has 4 heteroatoms. The molecule has 2 atom stereocenters. The minimum absolute atomic E-state index is 0.230. The monoisotopic (exact) mass is 417 g/mol. The van der Waals surface area contributed by atoms with E-state index in [4.69, 9.17) is 4.98 Å². The normalized spacial score (nSPS) is 18.9. The highest BCUT2D eigenvalue weighted by Gasteiger charge is 2.30. The molecule has 4 aromatic rings. The van der Waals surface area contributed by atoms with Gasteiger partial charge in [-0.2, -0.15) is 0 Å². The van der Waals surface area contributed by atoms with Gasteiger partial charge in [0, 0.05) is 4.47 Å². The molecular formula is C23H20BrN3. The summed E-state index contributed by atoms with van der Waals surface area (Å²) in [5.74, 6) is 0.946. The molecule has 3 nitrogen and oxygen atoms in total. The SMILES string of the molecule is Cc1cccc([C@H]2C[C@@H](c3ccc(Br)cc3)Nc3nc4ccccc4n32)c1. The van der Waals surface area contributed by atoms with Crippen LogP contribution in [-0.4, -0.2) is 9.55 Å². The molecule has 0 aliphatic carbocycles. The maximum Gasteiger partial charge on any atom is 0.204 e. The number of rotatable bonds is 2. The molecule has 1 aliphatic rings. The number of halogens is 1. The van der Waals surface area contributed by atoms with Gasteiger partial charge in [0.15, 0.2) is 0 Å². The van der Waals surface area contributed by atoms with Crippen LogP contribution in [0.2, 0.25) is 0 Å². The first-order valence-electron chi connectivity index (χ1n) is 9.24. The van der Waals surface area contributed by atoms with Crippen LogP contribution in [-0.2, 0) is 0 Å². The molecule has 1 N–H and O–H groups in total. The average molecular weight is 418 g/mol. The highest BCUT2D eigenvalue weighted by molar-refractivity contribution is 9.10. The Morgan fingerprint density at radius 3 is 2.59 bits per heavy atom. The second-order valence-corrected chi connectivity index (χ2v) is 8.12. The number of nitrogens with one attached hydrogen (secondary N) is 1. The van der Waals surface area contributed by atoms with Crippen molar-refractivity contribution in [1.82, 2.24) is 9.55 Å². The van der Waals surface area contributed by atoms with Crippen LogP contribution in [0.15, 0.2) is 77.3 Å². The molecule has 3 aromatic carbocycles. The van der Waals surface area contributed by atoms with Gasteiger partial charge in [0.05, 0.1) is 23.1 Å². The zero-order valence-corrected chi connectivity index (χ0v) is 16.6. The molecule has 27 heavy (non-hydrogen) atoms. The highest BCUT2D eigenvalue weighted by atomic mass is 79.9. The van der Waals surface area contributed by atoms with Crippen molar-refractivity contribution in [1.29, 1.82) is 0 Å². The first-order valence-corrected chi connectivity index (χ1v) is 10.0. The van der Waals surface area contributed by atoms with Crippen molar-refractivity contribution < 1.29 is 0 Å². The summed E-state index contributed by atoms with van der Waals surface area (Å²) in [5, 5.41) is 3.67. The van der Waals surface area contributed by atoms with Crippen molar-refractivity contribution in [3.63, 3.8) is 0 Å². The van der Waals surface area contributed by atoms with E-state index in [2.05, 4.69) is 106 Å². The van der Waals surface area contributed by atoms with E-state index in [1.54, 1.807) is 0 Å². The van der Waals surface area contributed by atoms with Crippen LogP contribution in [0.5, 0.6) is 0 Å². The van der Waals surface area contributed by atoms with Crippen LogP contribution in [0.1, 0.15) is 35.2 Å². The fraction of sp³-hybridized carbons (Fsp3) is 0.174. The van der Waals surface area contributed by atoms with Gasteiger partial charge in [0.2, 0.25) is 5.95 Å². The van der Waals surface area contributed by atoms with E-state index in [0.717, 1.165) is 22.4 Å². The quantitative estimate of drug-likeness (QED) is 0.417. The number of nitrogens with zero attached hydrogens (tertiary/aromatic N) is 2. The van der Waals surface area contributed by atoms with E-state index in [0.29, 0.717) is 0 Å². The van der Waals surface area contributed by atoms with Gasteiger partial charge in [-0.25, -0.2) is 4.98 Å². The van der Waals surface area contributed by atoms with Gasteiger partial charge < -0.3 is 9.88 Å². The van der Waals surface area contributed by atoms with Gasteiger partial charge in [-0.1, -0.05) is 70.0 Å². The summed E-state index contributed by atoms with van der Waals surface area (Å²) in [6.45, 7) is 2.16. The van der Waals surface area contributed by atoms with Gasteiger partial charge in [-0.15, -0.1) is 0 Å². The molecule has 0 fully saturated rings. The van der Waals surface area contributed by atoms with E-state index in [1.165, 1.54) is 22.2 Å². The third-order valence-corrected chi connectivity index (χ3v) is 5.90. The summed E-state index contributed by atoms with van der Waals surface area (Å²) in [5.41, 5.74) is 6.13. The molecule has 0 amide bonds. The van der Waals surface area contributed by atoms with Crippen LogP contribution in [0.3, 0.4) is 0 Å². The Bertz CT molecular complexity index is 1110. The van der Waals surface area contributed by atoms with Crippen LogP contribution in [0.25, 0.3) is 11.0 Å². The Morgan fingerprint density at radius 2 is 1.78 bits per heavy atom. The maximum atomic E-state index is 4.89. The van der Waals surface area contributed by atoms with E-state index in [1.807, 2.05) is 0 Å². The van der Waals surface area contributed by atoms with Crippen molar-refractivity contribution in [3.05, 3.63) is 94.0 Å². The summed E-state index contributed by atoms with van der Waals surface area (Å²) in [4.78, 5) is 4.89. The molecule has 0 bridgehead atoms. The zero-order chi connectivity index (χ0) is 18.4. The number of aromatic nitrogens is 2. The number of hydrogen-bond donors (Lipinski definition) is 1. The van der Waals surface area contributed by atoms with Crippen molar-refractivity contribution in [2.75, 3.05) is 5.32 Å². The third kappa shape index (κ3) is 2.94. The van der Waals surface area contributed by atoms with E-state index >= 15 is 0 Å². The number of imidazole rings is 1. The highest BCUT2D eigenvalue weighted by Crippen LogP contribution is 2.41. The summed E-state index contributed by atoms with van der Waals surface area (Å²) in [7, 11) is 0. The number of fused-ring (bicyclic) bond motifs is 3. The molecule has 2 heterocycles. The molecule has 0 saturated heterocycles. The number of anilines is 1.